The van der Waals surface area contributed by atoms with Gasteiger partial charge in [0.2, 0.25) is 0 Å². The highest BCUT2D eigenvalue weighted by Gasteiger charge is 2.18. The van der Waals surface area contributed by atoms with Crippen LogP contribution in [0.5, 0.6) is 0 Å². The first kappa shape index (κ1) is 12.7. The molecule has 1 aromatic carbocycles. The summed E-state index contributed by atoms with van der Waals surface area (Å²) in [5.74, 6) is -0.856. The Labute approximate surface area is 107 Å². The van der Waals surface area contributed by atoms with Crippen LogP contribution < -0.4 is 0 Å². The third-order valence-corrected chi connectivity index (χ3v) is 2.43. The van der Waals surface area contributed by atoms with Gasteiger partial charge in [-0.3, -0.25) is 10.1 Å². The van der Waals surface area contributed by atoms with Crippen LogP contribution in [0, 0.1) is 17.0 Å². The summed E-state index contributed by atoms with van der Waals surface area (Å²) < 4.78 is 5.64. The Morgan fingerprint density at radius 1 is 1.47 bits per heavy atom. The predicted molar refractivity (Wildman–Crippen MR) is 64.1 cm³/mol. The van der Waals surface area contributed by atoms with Gasteiger partial charge in [-0.1, -0.05) is 6.07 Å². The summed E-state index contributed by atoms with van der Waals surface area (Å²) in [6, 6.07) is 4.68. The van der Waals surface area contributed by atoms with E-state index >= 15 is 0 Å². The molecule has 8 heteroatoms. The minimum absolute atomic E-state index is 0.110. The summed E-state index contributed by atoms with van der Waals surface area (Å²) in [5, 5.41) is 14.8. The number of methoxy groups -OCH3 is 1. The number of hydrogen-bond acceptors (Lipinski definition) is 6. The molecule has 0 amide bonds. The van der Waals surface area contributed by atoms with Gasteiger partial charge in [0.15, 0.2) is 0 Å². The Balaban J connectivity index is 2.50. The number of esters is 1. The summed E-state index contributed by atoms with van der Waals surface area (Å²) in [5.41, 5.74) is 0.878. The fraction of sp³-hybridized carbons (Fsp3) is 0.182. The minimum atomic E-state index is -0.700. The molecule has 0 atom stereocenters. The van der Waals surface area contributed by atoms with Gasteiger partial charge in [-0.05, 0) is 18.6 Å². The molecule has 0 unspecified atom stereocenters. The monoisotopic (exact) mass is 262 g/mol. The zero-order chi connectivity index (χ0) is 14.0. The molecular weight excluding hydrogens is 252 g/mol. The molecule has 0 fully saturated rings. The third-order valence-electron chi connectivity index (χ3n) is 2.43. The topological polar surface area (TPSA) is 100 Å². The van der Waals surface area contributed by atoms with Crippen molar-refractivity contribution < 1.29 is 14.5 Å². The van der Waals surface area contributed by atoms with Gasteiger partial charge < -0.3 is 4.74 Å². The molecule has 19 heavy (non-hydrogen) atoms. The van der Waals surface area contributed by atoms with Gasteiger partial charge in [0.1, 0.15) is 12.0 Å². The quantitative estimate of drug-likeness (QED) is 0.469. The highest BCUT2D eigenvalue weighted by atomic mass is 16.6. The number of benzene rings is 1. The maximum atomic E-state index is 11.2. The lowest BCUT2D eigenvalue weighted by Gasteiger charge is -2.02. The van der Waals surface area contributed by atoms with Crippen molar-refractivity contribution in [2.75, 3.05) is 7.11 Å². The van der Waals surface area contributed by atoms with E-state index in [1.165, 1.54) is 24.2 Å². The molecule has 0 saturated heterocycles. The van der Waals surface area contributed by atoms with E-state index in [0.717, 1.165) is 5.56 Å². The van der Waals surface area contributed by atoms with Crippen molar-refractivity contribution in [2.45, 2.75) is 6.92 Å². The number of rotatable bonds is 3. The van der Waals surface area contributed by atoms with Gasteiger partial charge >= 0.3 is 5.97 Å². The van der Waals surface area contributed by atoms with Crippen LogP contribution in [-0.2, 0) is 4.74 Å². The molecule has 1 heterocycles. The fourth-order valence-electron chi connectivity index (χ4n) is 1.54. The first-order chi connectivity index (χ1) is 9.02. The standard InChI is InChI=1S/C11H10N4O4/c1-7-3-4-8(9(5-7)15(17)18)14-6-12-10(13-14)11(16)19-2/h3-6H,1-2H3. The summed E-state index contributed by atoms with van der Waals surface area (Å²) >= 11 is 0. The molecule has 0 aliphatic heterocycles. The van der Waals surface area contributed by atoms with E-state index < -0.39 is 10.9 Å². The van der Waals surface area contributed by atoms with Crippen molar-refractivity contribution in [3.05, 3.63) is 46.0 Å². The van der Waals surface area contributed by atoms with E-state index in [-0.39, 0.29) is 17.2 Å². The molecule has 98 valence electrons. The Kier molecular flexibility index (Phi) is 3.23. The molecule has 8 nitrogen and oxygen atoms in total. The number of nitro groups is 1. The zero-order valence-electron chi connectivity index (χ0n) is 10.2. The number of nitro benzene ring substituents is 1. The molecule has 0 spiro atoms. The number of aromatic nitrogens is 3. The molecule has 0 bridgehead atoms. The van der Waals surface area contributed by atoms with E-state index in [9.17, 15) is 14.9 Å². The minimum Gasteiger partial charge on any atom is -0.463 e. The summed E-state index contributed by atoms with van der Waals surface area (Å²) in [7, 11) is 1.21. The predicted octanol–water partition coefficient (Wildman–Crippen LogP) is 1.27. The Morgan fingerprint density at radius 3 is 2.84 bits per heavy atom. The zero-order valence-corrected chi connectivity index (χ0v) is 10.2. The van der Waals surface area contributed by atoms with Crippen molar-refractivity contribution in [3.8, 4) is 5.69 Å². The van der Waals surface area contributed by atoms with Crippen LogP contribution >= 0.6 is 0 Å². The smallest absolute Gasteiger partial charge is 0.377 e. The summed E-state index contributed by atoms with van der Waals surface area (Å²) in [6.07, 6.45) is 1.23. The third kappa shape index (κ3) is 2.41. The second-order valence-corrected chi connectivity index (χ2v) is 3.75. The van der Waals surface area contributed by atoms with Crippen LogP contribution in [0.2, 0.25) is 0 Å². The van der Waals surface area contributed by atoms with Gasteiger partial charge in [0.05, 0.1) is 12.0 Å². The highest BCUT2D eigenvalue weighted by Crippen LogP contribution is 2.23. The SMILES string of the molecule is COC(=O)c1ncn(-c2ccc(C)cc2[N+](=O)[O-])n1. The number of aryl methyl sites for hydroxylation is 1. The van der Waals surface area contributed by atoms with Crippen LogP contribution in [0.3, 0.4) is 0 Å². The van der Waals surface area contributed by atoms with E-state index in [1.54, 1.807) is 19.1 Å². The van der Waals surface area contributed by atoms with E-state index in [0.29, 0.717) is 0 Å². The highest BCUT2D eigenvalue weighted by molar-refractivity contribution is 5.84. The number of ether oxygens (including phenoxy) is 1. The van der Waals surface area contributed by atoms with Gasteiger partial charge in [-0.25, -0.2) is 14.5 Å². The normalized spacial score (nSPS) is 10.2. The van der Waals surface area contributed by atoms with Crippen LogP contribution in [0.4, 0.5) is 5.69 Å². The lowest BCUT2D eigenvalue weighted by Crippen LogP contribution is -2.06. The average Bonchev–Trinajstić information content (AvgIpc) is 2.87. The van der Waals surface area contributed by atoms with Crippen molar-refractivity contribution in [1.82, 2.24) is 14.8 Å². The average molecular weight is 262 g/mol. The summed E-state index contributed by atoms with van der Waals surface area (Å²) in [4.78, 5) is 25.5. The van der Waals surface area contributed by atoms with Gasteiger partial charge in [-0.15, -0.1) is 5.10 Å². The maximum Gasteiger partial charge on any atom is 0.377 e. The molecule has 0 N–H and O–H groups in total. The van der Waals surface area contributed by atoms with Gasteiger partial charge in [-0.2, -0.15) is 0 Å². The van der Waals surface area contributed by atoms with Crippen molar-refractivity contribution >= 4 is 11.7 Å². The molecule has 2 aromatic rings. The molecular formula is C11H10N4O4. The molecule has 0 aliphatic rings. The van der Waals surface area contributed by atoms with E-state index in [4.69, 9.17) is 0 Å². The molecule has 0 radical (unpaired) electrons. The van der Waals surface area contributed by atoms with Crippen LogP contribution in [0.15, 0.2) is 24.5 Å². The van der Waals surface area contributed by atoms with Crippen molar-refractivity contribution in [1.29, 1.82) is 0 Å². The lowest BCUT2D eigenvalue weighted by atomic mass is 10.2. The van der Waals surface area contributed by atoms with Crippen LogP contribution in [-0.4, -0.2) is 32.8 Å². The molecule has 1 aromatic heterocycles. The van der Waals surface area contributed by atoms with Crippen LogP contribution in [0.1, 0.15) is 16.2 Å². The number of nitrogens with zero attached hydrogens (tertiary/aromatic N) is 4. The Bertz CT molecular complexity index is 650. The van der Waals surface area contributed by atoms with Crippen molar-refractivity contribution in [2.24, 2.45) is 0 Å². The first-order valence-electron chi connectivity index (χ1n) is 5.28. The second kappa shape index (κ2) is 4.84. The first-order valence-corrected chi connectivity index (χ1v) is 5.28. The number of carbonyl (C=O) groups excluding carboxylic acids is 1. The van der Waals surface area contributed by atoms with Crippen LogP contribution in [0.25, 0.3) is 5.69 Å². The number of hydrogen-bond donors (Lipinski definition) is 0. The van der Waals surface area contributed by atoms with Crippen molar-refractivity contribution in [3.63, 3.8) is 0 Å². The maximum absolute atomic E-state index is 11.2. The largest absolute Gasteiger partial charge is 0.463 e. The fourth-order valence-corrected chi connectivity index (χ4v) is 1.54. The van der Waals surface area contributed by atoms with E-state index in [2.05, 4.69) is 14.8 Å². The Morgan fingerprint density at radius 2 is 2.21 bits per heavy atom. The molecule has 0 aliphatic carbocycles. The lowest BCUT2D eigenvalue weighted by molar-refractivity contribution is -0.384. The van der Waals surface area contributed by atoms with Gasteiger partial charge in [0.25, 0.3) is 11.5 Å². The second-order valence-electron chi connectivity index (χ2n) is 3.75. The number of carbonyl (C=O) groups is 1. The molecule has 0 saturated carbocycles. The summed E-state index contributed by atoms with van der Waals surface area (Å²) in [6.45, 7) is 1.75. The van der Waals surface area contributed by atoms with E-state index in [1.807, 2.05) is 0 Å². The molecule has 2 rings (SSSR count). The van der Waals surface area contributed by atoms with Gasteiger partial charge in [0, 0.05) is 6.07 Å². The Hall–Kier alpha value is -2.77.